The second-order valence-corrected chi connectivity index (χ2v) is 19.0. The third-order valence-electron chi connectivity index (χ3n) is 10.6. The lowest BCUT2D eigenvalue weighted by atomic mass is 9.89. The summed E-state index contributed by atoms with van der Waals surface area (Å²) in [5.74, 6) is -2.08. The van der Waals surface area contributed by atoms with Gasteiger partial charge in [0, 0.05) is 18.8 Å². The summed E-state index contributed by atoms with van der Waals surface area (Å²) in [5, 5.41) is 41.2. The lowest BCUT2D eigenvalue weighted by Crippen LogP contribution is -2.29. The Morgan fingerprint density at radius 2 is 1.23 bits per heavy atom. The Morgan fingerprint density at radius 3 is 1.85 bits per heavy atom. The van der Waals surface area contributed by atoms with E-state index < -0.39 is 90.4 Å². The van der Waals surface area contributed by atoms with Crippen molar-refractivity contribution in [1.29, 1.82) is 0 Å². The van der Waals surface area contributed by atoms with Crippen molar-refractivity contribution in [1.82, 2.24) is 0 Å². The van der Waals surface area contributed by atoms with Gasteiger partial charge < -0.3 is 44.6 Å². The number of carbonyl (C=O) groups is 2. The van der Waals surface area contributed by atoms with Gasteiger partial charge in [-0.15, -0.1) is 0 Å². The van der Waals surface area contributed by atoms with Crippen LogP contribution in [-0.2, 0) is 41.8 Å². The first-order valence-corrected chi connectivity index (χ1v) is 26.0. The number of unbranched alkanes of at least 4 members (excludes halogenated alkanes) is 15. The van der Waals surface area contributed by atoms with Gasteiger partial charge in [0.15, 0.2) is 6.10 Å². The van der Waals surface area contributed by atoms with Crippen LogP contribution in [0.3, 0.4) is 0 Å². The van der Waals surface area contributed by atoms with Gasteiger partial charge in [0.2, 0.25) is 0 Å². The first kappa shape index (κ1) is 58.2. The highest BCUT2D eigenvalue weighted by Gasteiger charge is 2.39. The van der Waals surface area contributed by atoms with E-state index in [9.17, 15) is 44.0 Å². The number of ether oxygens (including phenoxy) is 2. The summed E-state index contributed by atoms with van der Waals surface area (Å²) in [7, 11) is -9.81. The molecule has 1 rings (SSSR count). The van der Waals surface area contributed by atoms with Gasteiger partial charge in [0.05, 0.1) is 44.6 Å². The van der Waals surface area contributed by atoms with E-state index in [4.69, 9.17) is 23.8 Å². The normalized spacial score (nSPS) is 20.9. The largest absolute Gasteiger partial charge is 0.472 e. The second-order valence-electron chi connectivity index (χ2n) is 16.3. The Balaban J connectivity index is 2.59. The molecule has 0 bridgehead atoms. The zero-order valence-corrected chi connectivity index (χ0v) is 39.1. The molecule has 0 aliphatic heterocycles. The zero-order valence-electron chi connectivity index (χ0n) is 37.3. The van der Waals surface area contributed by atoms with Gasteiger partial charge in [-0.3, -0.25) is 23.2 Å². The molecule has 0 amide bonds. The lowest BCUT2D eigenvalue weighted by molar-refractivity contribution is -0.160. The maximum atomic E-state index is 12.8. The summed E-state index contributed by atoms with van der Waals surface area (Å²) < 4.78 is 47.8. The number of rotatable bonds is 39. The molecule has 8 atom stereocenters. The Labute approximate surface area is 370 Å². The fourth-order valence-corrected chi connectivity index (χ4v) is 8.18. The van der Waals surface area contributed by atoms with E-state index in [0.717, 1.165) is 64.2 Å². The molecule has 1 aliphatic carbocycles. The van der Waals surface area contributed by atoms with Gasteiger partial charge in [-0.1, -0.05) is 134 Å². The number of esters is 2. The van der Waals surface area contributed by atoms with Crippen LogP contribution in [0, 0.1) is 11.8 Å². The predicted octanol–water partition coefficient (Wildman–Crippen LogP) is 8.05. The molecule has 0 aromatic carbocycles. The molecule has 1 aliphatic rings. The minimum atomic E-state index is -4.91. The molecular weight excluding hydrogens is 846 g/mol. The standard InChI is InChI=1S/C44H80O16P2/c1-3-5-7-8-9-10-11-12-13-14-15-16-17-18-19-20-22-27-43(49)56-34-38(35-59-62(54,55)58-33-37(46)32-57-61(51,52)53)60-44(50)28-24-23-26-39-40(42(48)31-41(39)47)30-29-36(45)25-21-6-4-2/h12-13,23-24,29-30,36-42,45-48H,3-11,14-22,25-28,31-35H2,1-2H3,(H,54,55)(H2,51,52,53)/b13-12-,24-23-,30-29+/t36-,37+,38-,39+,40-,41+,42-/m1/s1. The third-order valence-corrected chi connectivity index (χ3v) is 12.0. The quantitative estimate of drug-likeness (QED) is 0.0133. The SMILES string of the molecule is CCCCCCCC/C=C\CCCCCCCCCC(=O)OC[C@H](COP(=O)(O)OC[C@@H](O)COP(=O)(O)O)OC(=O)C/C=C\C[C@H]1[C@@H](/C=C/[C@H](O)CCCCC)[C@H](O)C[C@@H]1O. The molecule has 0 spiro atoms. The Morgan fingerprint density at radius 1 is 0.661 bits per heavy atom. The highest BCUT2D eigenvalue weighted by molar-refractivity contribution is 7.47. The average molecular weight is 927 g/mol. The first-order valence-electron chi connectivity index (χ1n) is 22.9. The first-order chi connectivity index (χ1) is 29.6. The molecule has 0 aromatic heterocycles. The van der Waals surface area contributed by atoms with Crippen molar-refractivity contribution >= 4 is 27.6 Å². The van der Waals surface area contributed by atoms with Crippen LogP contribution in [0.4, 0.5) is 0 Å². The molecule has 362 valence electrons. The number of phosphoric acid groups is 2. The topological polar surface area (TPSA) is 256 Å². The van der Waals surface area contributed by atoms with Crippen LogP contribution in [0.2, 0.25) is 0 Å². The van der Waals surface area contributed by atoms with Gasteiger partial charge in [0.25, 0.3) is 0 Å². The van der Waals surface area contributed by atoms with Crippen LogP contribution in [0.25, 0.3) is 0 Å². The van der Waals surface area contributed by atoms with Crippen molar-refractivity contribution in [3.8, 4) is 0 Å². The van der Waals surface area contributed by atoms with Crippen LogP contribution in [0.5, 0.6) is 0 Å². The summed E-state index contributed by atoms with van der Waals surface area (Å²) >= 11 is 0. The minimum Gasteiger partial charge on any atom is -0.462 e. The van der Waals surface area contributed by atoms with E-state index in [0.29, 0.717) is 19.3 Å². The van der Waals surface area contributed by atoms with Gasteiger partial charge >= 0.3 is 27.6 Å². The molecular formula is C44H80O16P2. The summed E-state index contributed by atoms with van der Waals surface area (Å²) in [6, 6.07) is 0. The van der Waals surface area contributed by atoms with Crippen molar-refractivity contribution < 1.29 is 76.9 Å². The molecule has 0 aromatic rings. The van der Waals surface area contributed by atoms with E-state index in [1.54, 1.807) is 18.2 Å². The van der Waals surface area contributed by atoms with E-state index in [-0.39, 0.29) is 25.2 Å². The van der Waals surface area contributed by atoms with Crippen molar-refractivity contribution in [2.24, 2.45) is 11.8 Å². The Hall–Kier alpha value is -1.78. The summed E-state index contributed by atoms with van der Waals surface area (Å²) in [6.07, 6.45) is 26.9. The Bertz CT molecular complexity index is 1350. The molecule has 0 saturated heterocycles. The minimum absolute atomic E-state index is 0.125. The third kappa shape index (κ3) is 32.0. The van der Waals surface area contributed by atoms with Crippen LogP contribution in [0.15, 0.2) is 36.5 Å². The molecule has 16 nitrogen and oxygen atoms in total. The van der Waals surface area contributed by atoms with Crippen LogP contribution >= 0.6 is 15.6 Å². The molecule has 7 N–H and O–H groups in total. The summed E-state index contributed by atoms with van der Waals surface area (Å²) in [6.45, 7) is 1.28. The maximum absolute atomic E-state index is 12.8. The summed E-state index contributed by atoms with van der Waals surface area (Å²) in [4.78, 5) is 53.0. The highest BCUT2D eigenvalue weighted by atomic mass is 31.2. The molecule has 18 heteroatoms. The average Bonchev–Trinajstić information content (AvgIpc) is 3.49. The predicted molar refractivity (Wildman–Crippen MR) is 237 cm³/mol. The highest BCUT2D eigenvalue weighted by Crippen LogP contribution is 2.44. The van der Waals surface area contributed by atoms with Crippen LogP contribution in [0.1, 0.15) is 162 Å². The van der Waals surface area contributed by atoms with Crippen LogP contribution < -0.4 is 0 Å². The fourth-order valence-electron chi connectivity index (χ4n) is 7.02. The van der Waals surface area contributed by atoms with Crippen molar-refractivity contribution in [2.75, 3.05) is 26.4 Å². The van der Waals surface area contributed by atoms with Crippen molar-refractivity contribution in [3.05, 3.63) is 36.5 Å². The smallest absolute Gasteiger partial charge is 0.462 e. The maximum Gasteiger partial charge on any atom is 0.472 e. The van der Waals surface area contributed by atoms with E-state index in [2.05, 4.69) is 35.0 Å². The number of aliphatic hydroxyl groups is 4. The van der Waals surface area contributed by atoms with E-state index in [1.165, 1.54) is 51.0 Å². The van der Waals surface area contributed by atoms with Gasteiger partial charge in [0.1, 0.15) is 12.7 Å². The van der Waals surface area contributed by atoms with Gasteiger partial charge in [-0.25, -0.2) is 9.13 Å². The zero-order chi connectivity index (χ0) is 46.1. The van der Waals surface area contributed by atoms with Crippen molar-refractivity contribution in [3.63, 3.8) is 0 Å². The lowest BCUT2D eigenvalue weighted by Gasteiger charge is -2.20. The molecule has 0 radical (unpaired) electrons. The molecule has 62 heavy (non-hydrogen) atoms. The van der Waals surface area contributed by atoms with Crippen LogP contribution in [-0.4, -0.2) is 104 Å². The van der Waals surface area contributed by atoms with E-state index >= 15 is 0 Å². The Kier molecular flexibility index (Phi) is 33.3. The van der Waals surface area contributed by atoms with Crippen molar-refractivity contribution in [2.45, 2.75) is 192 Å². The van der Waals surface area contributed by atoms with Gasteiger partial charge in [-0.2, -0.15) is 0 Å². The number of phosphoric ester groups is 2. The monoisotopic (exact) mass is 926 g/mol. The molecule has 1 unspecified atom stereocenters. The fraction of sp³-hybridized carbons (Fsp3) is 0.818. The number of hydrogen-bond acceptors (Lipinski definition) is 13. The summed E-state index contributed by atoms with van der Waals surface area (Å²) in [5.41, 5.74) is 0. The molecule has 1 fully saturated rings. The molecule has 0 heterocycles. The number of carbonyl (C=O) groups excluding carboxylic acids is 2. The number of allylic oxidation sites excluding steroid dienone is 3. The van der Waals surface area contributed by atoms with Gasteiger partial charge in [-0.05, 0) is 50.9 Å². The molecule has 1 saturated carbocycles. The number of hydrogen-bond donors (Lipinski definition) is 7. The van der Waals surface area contributed by atoms with E-state index in [1.807, 2.05) is 0 Å². The number of aliphatic hydroxyl groups excluding tert-OH is 4. The second kappa shape index (κ2) is 35.5.